The van der Waals surface area contributed by atoms with Crippen molar-refractivity contribution in [2.24, 2.45) is 0 Å². The van der Waals surface area contributed by atoms with Crippen LogP contribution in [0.2, 0.25) is 0 Å². The molecule has 4 nitrogen and oxygen atoms in total. The van der Waals surface area contributed by atoms with E-state index in [1.54, 1.807) is 11.0 Å². The second-order valence-corrected chi connectivity index (χ2v) is 7.02. The predicted octanol–water partition coefficient (Wildman–Crippen LogP) is 5.23. The number of anilines is 1. The smallest absolute Gasteiger partial charge is 0.372 e. The molecule has 0 saturated carbocycles. The van der Waals surface area contributed by atoms with Crippen LogP contribution in [-0.2, 0) is 17.5 Å². The molecule has 0 aromatic heterocycles. The van der Waals surface area contributed by atoms with E-state index in [2.05, 4.69) is 5.32 Å². The summed E-state index contributed by atoms with van der Waals surface area (Å²) >= 11 is 0. The number of benzene rings is 2. The summed E-state index contributed by atoms with van der Waals surface area (Å²) in [5.74, 6) is 0. The standard InChI is InChI=1S/C21H23F3N2O2/c1-15-7-9-18(10-8-15)25-20(27)26-11-3-6-19(13-26)28-14-16-4-2-5-17(12-16)21(22,23)24/h2,4-5,7-10,12,19H,3,6,11,13-14H2,1H3,(H,25,27). The Balaban J connectivity index is 1.53. The largest absolute Gasteiger partial charge is 0.416 e. The van der Waals surface area contributed by atoms with Gasteiger partial charge in [-0.25, -0.2) is 4.79 Å². The first-order chi connectivity index (χ1) is 13.3. The van der Waals surface area contributed by atoms with Gasteiger partial charge in [0.15, 0.2) is 0 Å². The van der Waals surface area contributed by atoms with E-state index < -0.39 is 11.7 Å². The average Bonchev–Trinajstić information content (AvgIpc) is 2.68. The molecule has 0 bridgehead atoms. The third-order valence-electron chi connectivity index (χ3n) is 4.71. The summed E-state index contributed by atoms with van der Waals surface area (Å²) in [6.45, 7) is 3.10. The number of likely N-dealkylation sites (tertiary alicyclic amines) is 1. The van der Waals surface area contributed by atoms with Crippen LogP contribution in [0.15, 0.2) is 48.5 Å². The first-order valence-corrected chi connectivity index (χ1v) is 9.21. The summed E-state index contributed by atoms with van der Waals surface area (Å²) in [5.41, 5.74) is 1.62. The molecule has 1 fully saturated rings. The van der Waals surface area contributed by atoms with Crippen LogP contribution in [0.5, 0.6) is 0 Å². The molecule has 150 valence electrons. The van der Waals surface area contributed by atoms with Crippen LogP contribution in [0.4, 0.5) is 23.7 Å². The van der Waals surface area contributed by atoms with Crippen LogP contribution in [0.1, 0.15) is 29.5 Å². The molecule has 2 amide bonds. The number of aryl methyl sites for hydroxylation is 1. The van der Waals surface area contributed by atoms with Crippen molar-refractivity contribution in [3.05, 3.63) is 65.2 Å². The lowest BCUT2D eigenvalue weighted by Gasteiger charge is -2.32. The maximum absolute atomic E-state index is 12.8. The molecular weight excluding hydrogens is 369 g/mol. The zero-order valence-corrected chi connectivity index (χ0v) is 15.6. The summed E-state index contributed by atoms with van der Waals surface area (Å²) in [4.78, 5) is 14.1. The van der Waals surface area contributed by atoms with E-state index in [4.69, 9.17) is 4.74 Å². The lowest BCUT2D eigenvalue weighted by Crippen LogP contribution is -2.45. The molecule has 1 N–H and O–H groups in total. The summed E-state index contributed by atoms with van der Waals surface area (Å²) in [5, 5.41) is 2.86. The Kier molecular flexibility index (Phi) is 6.24. The number of urea groups is 1. The van der Waals surface area contributed by atoms with Crippen LogP contribution in [0.25, 0.3) is 0 Å². The normalized spacial score (nSPS) is 17.4. The molecule has 1 aliphatic heterocycles. The quantitative estimate of drug-likeness (QED) is 0.774. The van der Waals surface area contributed by atoms with Crippen LogP contribution >= 0.6 is 0 Å². The molecule has 1 aliphatic rings. The molecule has 1 unspecified atom stereocenters. The third kappa shape index (κ3) is 5.48. The van der Waals surface area contributed by atoms with Crippen LogP contribution in [0.3, 0.4) is 0 Å². The number of carbonyl (C=O) groups excluding carboxylic acids is 1. The summed E-state index contributed by atoms with van der Waals surface area (Å²) in [6, 6.07) is 12.5. The van der Waals surface area contributed by atoms with Crippen molar-refractivity contribution >= 4 is 11.7 Å². The highest BCUT2D eigenvalue weighted by molar-refractivity contribution is 5.89. The molecule has 2 aromatic carbocycles. The van der Waals surface area contributed by atoms with E-state index in [0.29, 0.717) is 18.7 Å². The van der Waals surface area contributed by atoms with E-state index in [9.17, 15) is 18.0 Å². The monoisotopic (exact) mass is 392 g/mol. The van der Waals surface area contributed by atoms with Gasteiger partial charge in [0.1, 0.15) is 0 Å². The third-order valence-corrected chi connectivity index (χ3v) is 4.71. The maximum atomic E-state index is 12.8. The van der Waals surface area contributed by atoms with Gasteiger partial charge in [-0.15, -0.1) is 0 Å². The van der Waals surface area contributed by atoms with Crippen molar-refractivity contribution in [1.82, 2.24) is 4.90 Å². The van der Waals surface area contributed by atoms with E-state index in [0.717, 1.165) is 36.2 Å². The number of carbonyl (C=O) groups is 1. The van der Waals surface area contributed by atoms with E-state index in [-0.39, 0.29) is 18.7 Å². The number of nitrogens with one attached hydrogen (secondary N) is 1. The van der Waals surface area contributed by atoms with Gasteiger partial charge in [0.05, 0.1) is 18.3 Å². The molecule has 7 heteroatoms. The number of hydrogen-bond acceptors (Lipinski definition) is 2. The highest BCUT2D eigenvalue weighted by atomic mass is 19.4. The van der Waals surface area contributed by atoms with Crippen molar-refractivity contribution < 1.29 is 22.7 Å². The first-order valence-electron chi connectivity index (χ1n) is 9.21. The van der Waals surface area contributed by atoms with Crippen LogP contribution < -0.4 is 5.32 Å². The van der Waals surface area contributed by atoms with Gasteiger partial charge in [-0.05, 0) is 49.6 Å². The lowest BCUT2D eigenvalue weighted by atomic mass is 10.1. The number of halogens is 3. The minimum absolute atomic E-state index is 0.0853. The van der Waals surface area contributed by atoms with Crippen molar-refractivity contribution in [1.29, 1.82) is 0 Å². The van der Waals surface area contributed by atoms with Gasteiger partial charge in [0, 0.05) is 18.8 Å². The fourth-order valence-corrected chi connectivity index (χ4v) is 3.15. The number of alkyl halides is 3. The fraction of sp³-hybridized carbons (Fsp3) is 0.381. The van der Waals surface area contributed by atoms with Crippen molar-refractivity contribution in [3.63, 3.8) is 0 Å². The topological polar surface area (TPSA) is 41.6 Å². The van der Waals surface area contributed by atoms with E-state index in [1.807, 2.05) is 31.2 Å². The Morgan fingerprint density at radius 1 is 1.21 bits per heavy atom. The van der Waals surface area contributed by atoms with Crippen molar-refractivity contribution in [3.8, 4) is 0 Å². The average molecular weight is 392 g/mol. The zero-order chi connectivity index (χ0) is 20.1. The van der Waals surface area contributed by atoms with Crippen LogP contribution in [-0.4, -0.2) is 30.1 Å². The zero-order valence-electron chi connectivity index (χ0n) is 15.6. The first kappa shape index (κ1) is 20.2. The lowest BCUT2D eigenvalue weighted by molar-refractivity contribution is -0.137. The highest BCUT2D eigenvalue weighted by Crippen LogP contribution is 2.29. The van der Waals surface area contributed by atoms with E-state index in [1.165, 1.54) is 6.07 Å². The Hall–Kier alpha value is -2.54. The molecule has 1 atom stereocenters. The van der Waals surface area contributed by atoms with Gasteiger partial charge >= 0.3 is 12.2 Å². The second-order valence-electron chi connectivity index (χ2n) is 7.02. The fourth-order valence-electron chi connectivity index (χ4n) is 3.15. The Labute approximate surface area is 162 Å². The number of ether oxygens (including phenoxy) is 1. The molecule has 2 aromatic rings. The number of amides is 2. The highest BCUT2D eigenvalue weighted by Gasteiger charge is 2.30. The summed E-state index contributed by atoms with van der Waals surface area (Å²) in [6.07, 6.45) is -3.01. The van der Waals surface area contributed by atoms with Crippen molar-refractivity contribution in [2.75, 3.05) is 18.4 Å². The molecular formula is C21H23F3N2O2. The maximum Gasteiger partial charge on any atom is 0.416 e. The SMILES string of the molecule is Cc1ccc(NC(=O)N2CCCC(OCc3cccc(C(F)(F)F)c3)C2)cc1. The van der Waals surface area contributed by atoms with Gasteiger partial charge < -0.3 is 15.0 Å². The Morgan fingerprint density at radius 2 is 1.96 bits per heavy atom. The van der Waals surface area contributed by atoms with Gasteiger partial charge in [0.25, 0.3) is 0 Å². The molecule has 28 heavy (non-hydrogen) atoms. The summed E-state index contributed by atoms with van der Waals surface area (Å²) in [7, 11) is 0. The number of nitrogens with zero attached hydrogens (tertiary/aromatic N) is 1. The number of rotatable bonds is 4. The predicted molar refractivity (Wildman–Crippen MR) is 101 cm³/mol. The van der Waals surface area contributed by atoms with Gasteiger partial charge in [0.2, 0.25) is 0 Å². The van der Waals surface area contributed by atoms with E-state index >= 15 is 0 Å². The van der Waals surface area contributed by atoms with Gasteiger partial charge in [-0.3, -0.25) is 0 Å². The molecule has 1 heterocycles. The molecule has 3 rings (SSSR count). The molecule has 0 spiro atoms. The molecule has 1 saturated heterocycles. The minimum Gasteiger partial charge on any atom is -0.372 e. The Morgan fingerprint density at radius 3 is 2.68 bits per heavy atom. The van der Waals surface area contributed by atoms with Gasteiger partial charge in [-0.2, -0.15) is 13.2 Å². The minimum atomic E-state index is -4.37. The summed E-state index contributed by atoms with van der Waals surface area (Å²) < 4.78 is 44.2. The number of piperidine rings is 1. The van der Waals surface area contributed by atoms with Crippen LogP contribution in [0, 0.1) is 6.92 Å². The van der Waals surface area contributed by atoms with Gasteiger partial charge in [-0.1, -0.05) is 29.8 Å². The Bertz CT molecular complexity index is 806. The van der Waals surface area contributed by atoms with Crippen molar-refractivity contribution in [2.45, 2.75) is 38.7 Å². The molecule has 0 aliphatic carbocycles. The second kappa shape index (κ2) is 8.65. The molecule has 0 radical (unpaired) electrons. The number of hydrogen-bond donors (Lipinski definition) is 1.